The number of halogens is 2. The van der Waals surface area contributed by atoms with E-state index in [-0.39, 0.29) is 24.3 Å². The number of aromatic nitrogens is 1. The first-order valence-electron chi connectivity index (χ1n) is 12.8. The Balaban J connectivity index is 1.56. The van der Waals surface area contributed by atoms with Gasteiger partial charge in [0.25, 0.3) is 5.56 Å². The lowest BCUT2D eigenvalue weighted by molar-refractivity contribution is -0.139. The van der Waals surface area contributed by atoms with Crippen molar-refractivity contribution in [1.29, 1.82) is 0 Å². The van der Waals surface area contributed by atoms with E-state index in [1.54, 1.807) is 57.4 Å². The number of rotatable bonds is 8. The van der Waals surface area contributed by atoms with E-state index in [0.29, 0.717) is 42.1 Å². The molecule has 0 spiro atoms. The first kappa shape index (κ1) is 28.7. The molecule has 1 atom stereocenters. The zero-order chi connectivity index (χ0) is 29.1. The Bertz CT molecular complexity index is 1840. The maximum absolute atomic E-state index is 13.9. The standard InChI is InChI=1S/C31H26Cl2N2O5S/c1-4-39-30(37)27-18(2)34-31-35(28(27)21-10-6-8-12-23(21)33)29(36)26(41-31)16-19-13-14-24(25(15-19)38-3)40-17-20-9-5-7-11-22(20)32/h5-16,28H,4,17H2,1-3H3/b26-16+. The molecule has 1 aliphatic heterocycles. The number of esters is 1. The predicted octanol–water partition coefficient (Wildman–Crippen LogP) is 5.69. The zero-order valence-electron chi connectivity index (χ0n) is 22.5. The van der Waals surface area contributed by atoms with Crippen molar-refractivity contribution in [2.24, 2.45) is 4.99 Å². The highest BCUT2D eigenvalue weighted by atomic mass is 35.5. The number of benzene rings is 3. The Hall–Kier alpha value is -3.85. The van der Waals surface area contributed by atoms with E-state index in [1.807, 2.05) is 36.4 Å². The summed E-state index contributed by atoms with van der Waals surface area (Å²) in [6.07, 6.45) is 1.76. The molecule has 2 heterocycles. The zero-order valence-corrected chi connectivity index (χ0v) is 24.8. The first-order chi connectivity index (χ1) is 19.8. The molecule has 1 aliphatic rings. The third-order valence-electron chi connectivity index (χ3n) is 6.54. The van der Waals surface area contributed by atoms with Gasteiger partial charge in [0, 0.05) is 15.6 Å². The van der Waals surface area contributed by atoms with Crippen LogP contribution in [0.15, 0.2) is 87.8 Å². The fourth-order valence-electron chi connectivity index (χ4n) is 4.60. The van der Waals surface area contributed by atoms with Gasteiger partial charge in [0.1, 0.15) is 12.6 Å². The molecule has 7 nitrogen and oxygen atoms in total. The summed E-state index contributed by atoms with van der Waals surface area (Å²) in [4.78, 5) is 32.0. The number of fused-ring (bicyclic) bond motifs is 1. The van der Waals surface area contributed by atoms with Crippen LogP contribution < -0.4 is 24.4 Å². The summed E-state index contributed by atoms with van der Waals surface area (Å²) < 4.78 is 18.8. The van der Waals surface area contributed by atoms with Crippen LogP contribution in [0.1, 0.15) is 36.6 Å². The van der Waals surface area contributed by atoms with Crippen molar-refractivity contribution >= 4 is 46.6 Å². The van der Waals surface area contributed by atoms with E-state index in [9.17, 15) is 9.59 Å². The Morgan fingerprint density at radius 1 is 1.05 bits per heavy atom. The van der Waals surface area contributed by atoms with Gasteiger partial charge in [-0.05, 0) is 55.3 Å². The van der Waals surface area contributed by atoms with E-state index in [4.69, 9.17) is 37.4 Å². The van der Waals surface area contributed by atoms with Crippen molar-refractivity contribution < 1.29 is 19.0 Å². The summed E-state index contributed by atoms with van der Waals surface area (Å²) in [5.41, 5.74) is 2.65. The number of methoxy groups -OCH3 is 1. The highest BCUT2D eigenvalue weighted by Crippen LogP contribution is 2.34. The molecule has 41 heavy (non-hydrogen) atoms. The lowest BCUT2D eigenvalue weighted by atomic mass is 9.96. The van der Waals surface area contributed by atoms with Crippen LogP contribution in [-0.2, 0) is 16.1 Å². The molecule has 3 aromatic carbocycles. The fraction of sp³-hybridized carbons (Fsp3) is 0.194. The smallest absolute Gasteiger partial charge is 0.338 e. The van der Waals surface area contributed by atoms with Crippen molar-refractivity contribution in [1.82, 2.24) is 4.57 Å². The number of hydrogen-bond donors (Lipinski definition) is 0. The molecule has 0 fully saturated rings. The van der Waals surface area contributed by atoms with Crippen LogP contribution in [0.25, 0.3) is 6.08 Å². The van der Waals surface area contributed by atoms with Crippen molar-refractivity contribution in [2.75, 3.05) is 13.7 Å². The first-order valence-corrected chi connectivity index (χ1v) is 14.4. The molecule has 0 amide bonds. The van der Waals surface area contributed by atoms with E-state index < -0.39 is 12.0 Å². The normalized spacial score (nSPS) is 14.9. The Labute approximate surface area is 250 Å². The Kier molecular flexibility index (Phi) is 8.63. The second-order valence-corrected chi connectivity index (χ2v) is 10.9. The average molecular weight is 610 g/mol. The van der Waals surface area contributed by atoms with Crippen LogP contribution in [0.4, 0.5) is 0 Å². The summed E-state index contributed by atoms with van der Waals surface area (Å²) in [6, 6.07) is 19.2. The molecule has 1 unspecified atom stereocenters. The third-order valence-corrected chi connectivity index (χ3v) is 8.24. The molecule has 0 saturated carbocycles. The number of nitrogens with zero attached hydrogens (tertiary/aromatic N) is 2. The highest BCUT2D eigenvalue weighted by molar-refractivity contribution is 7.07. The Morgan fingerprint density at radius 2 is 1.78 bits per heavy atom. The molecular weight excluding hydrogens is 583 g/mol. The summed E-state index contributed by atoms with van der Waals surface area (Å²) in [5.74, 6) is 0.512. The monoisotopic (exact) mass is 608 g/mol. The predicted molar refractivity (Wildman–Crippen MR) is 161 cm³/mol. The van der Waals surface area contributed by atoms with Crippen molar-refractivity contribution in [3.8, 4) is 11.5 Å². The van der Waals surface area contributed by atoms with E-state index >= 15 is 0 Å². The molecule has 0 saturated heterocycles. The summed E-state index contributed by atoms with van der Waals surface area (Å²) >= 11 is 14.1. The van der Waals surface area contributed by atoms with Gasteiger partial charge in [0.15, 0.2) is 16.3 Å². The van der Waals surface area contributed by atoms with Gasteiger partial charge >= 0.3 is 5.97 Å². The van der Waals surface area contributed by atoms with Gasteiger partial charge in [-0.3, -0.25) is 9.36 Å². The SMILES string of the molecule is CCOC(=O)C1=C(C)N=c2s/c(=C/c3ccc(OCc4ccccc4Cl)c(OC)c3)c(=O)n2C1c1ccccc1Cl. The maximum Gasteiger partial charge on any atom is 0.338 e. The minimum Gasteiger partial charge on any atom is -0.493 e. The second kappa shape index (κ2) is 12.3. The third kappa shape index (κ3) is 5.81. The number of allylic oxidation sites excluding steroid dienone is 1. The van der Waals surface area contributed by atoms with Crippen LogP contribution in [-0.4, -0.2) is 24.3 Å². The van der Waals surface area contributed by atoms with Crippen LogP contribution >= 0.6 is 34.5 Å². The molecule has 5 rings (SSSR count). The summed E-state index contributed by atoms with van der Waals surface area (Å²) in [6.45, 7) is 3.93. The van der Waals surface area contributed by atoms with Crippen LogP contribution in [0.5, 0.6) is 11.5 Å². The van der Waals surface area contributed by atoms with Gasteiger partial charge in [-0.15, -0.1) is 0 Å². The number of thiazole rings is 1. The minimum atomic E-state index is -0.781. The minimum absolute atomic E-state index is 0.190. The largest absolute Gasteiger partial charge is 0.493 e. The highest BCUT2D eigenvalue weighted by Gasteiger charge is 2.34. The molecule has 0 N–H and O–H groups in total. The van der Waals surface area contributed by atoms with Crippen LogP contribution in [0.3, 0.4) is 0 Å². The van der Waals surface area contributed by atoms with E-state index in [1.165, 1.54) is 15.9 Å². The molecule has 210 valence electrons. The van der Waals surface area contributed by atoms with E-state index in [2.05, 4.69) is 4.99 Å². The summed E-state index contributed by atoms with van der Waals surface area (Å²) in [5, 5.41) is 1.05. The second-order valence-electron chi connectivity index (χ2n) is 9.11. The van der Waals surface area contributed by atoms with Crippen LogP contribution in [0, 0.1) is 0 Å². The lowest BCUT2D eigenvalue weighted by Gasteiger charge is -2.25. The molecule has 1 aromatic heterocycles. The molecule has 0 radical (unpaired) electrons. The lowest BCUT2D eigenvalue weighted by Crippen LogP contribution is -2.40. The number of hydrogen-bond acceptors (Lipinski definition) is 7. The number of ether oxygens (including phenoxy) is 3. The Morgan fingerprint density at radius 3 is 2.49 bits per heavy atom. The summed E-state index contributed by atoms with van der Waals surface area (Å²) in [7, 11) is 1.55. The number of carbonyl (C=O) groups excluding carboxylic acids is 1. The maximum atomic E-state index is 13.9. The molecule has 0 bridgehead atoms. The molecule has 4 aromatic rings. The molecular formula is C31H26Cl2N2O5S. The van der Waals surface area contributed by atoms with Crippen molar-refractivity contribution in [2.45, 2.75) is 26.5 Å². The van der Waals surface area contributed by atoms with Gasteiger partial charge in [-0.25, -0.2) is 9.79 Å². The van der Waals surface area contributed by atoms with E-state index in [0.717, 1.165) is 11.1 Å². The fourth-order valence-corrected chi connectivity index (χ4v) is 6.07. The average Bonchev–Trinajstić information content (AvgIpc) is 3.26. The van der Waals surface area contributed by atoms with Gasteiger partial charge in [0.05, 0.1) is 29.5 Å². The molecule has 10 heteroatoms. The number of carbonyl (C=O) groups is 1. The topological polar surface area (TPSA) is 79.1 Å². The molecule has 0 aliphatic carbocycles. The van der Waals surface area contributed by atoms with Crippen LogP contribution in [0.2, 0.25) is 10.0 Å². The van der Waals surface area contributed by atoms with Gasteiger partial charge < -0.3 is 14.2 Å². The van der Waals surface area contributed by atoms with Gasteiger partial charge in [0.2, 0.25) is 0 Å². The quantitative estimate of drug-likeness (QED) is 0.240. The van der Waals surface area contributed by atoms with Crippen molar-refractivity contribution in [3.63, 3.8) is 0 Å². The van der Waals surface area contributed by atoms with Gasteiger partial charge in [-0.1, -0.05) is 77.0 Å². The van der Waals surface area contributed by atoms with Crippen molar-refractivity contribution in [3.05, 3.63) is 124 Å². The van der Waals surface area contributed by atoms with Gasteiger partial charge in [-0.2, -0.15) is 0 Å².